The second-order valence-corrected chi connectivity index (χ2v) is 5.34. The number of aliphatic hydroxyl groups excluding tert-OH is 1. The quantitative estimate of drug-likeness (QED) is 0.886. The van der Waals surface area contributed by atoms with Gasteiger partial charge < -0.3 is 5.11 Å². The highest BCUT2D eigenvalue weighted by molar-refractivity contribution is 5.24. The Hall–Kier alpha value is -1.41. The molecular weight excluding hydrogens is 250 g/mol. The van der Waals surface area contributed by atoms with Crippen LogP contribution in [0.5, 0.6) is 0 Å². The highest BCUT2D eigenvalue weighted by Crippen LogP contribution is 2.21. The van der Waals surface area contributed by atoms with Gasteiger partial charge in [0.1, 0.15) is 6.04 Å². The first-order valence-corrected chi connectivity index (χ1v) is 7.33. The molecule has 2 rings (SSSR count). The van der Waals surface area contributed by atoms with E-state index < -0.39 is 0 Å². The lowest BCUT2D eigenvalue weighted by molar-refractivity contribution is 0.0632. The van der Waals surface area contributed by atoms with Gasteiger partial charge in [0, 0.05) is 32.7 Å². The van der Waals surface area contributed by atoms with Gasteiger partial charge in [-0.1, -0.05) is 37.3 Å². The van der Waals surface area contributed by atoms with Crippen LogP contribution in [0.1, 0.15) is 24.9 Å². The summed E-state index contributed by atoms with van der Waals surface area (Å²) in [4.78, 5) is 4.51. The SMILES string of the molecule is CC[C@@H](O)CN1CCN(C(C#N)c2ccccc2)CC1. The molecule has 0 bridgehead atoms. The lowest BCUT2D eigenvalue weighted by Crippen LogP contribution is -2.49. The summed E-state index contributed by atoms with van der Waals surface area (Å²) >= 11 is 0. The molecule has 2 atom stereocenters. The van der Waals surface area contributed by atoms with Crippen LogP contribution >= 0.6 is 0 Å². The molecule has 1 aliphatic rings. The van der Waals surface area contributed by atoms with Crippen molar-refractivity contribution < 1.29 is 5.11 Å². The summed E-state index contributed by atoms with van der Waals surface area (Å²) in [5.41, 5.74) is 1.07. The van der Waals surface area contributed by atoms with E-state index in [1.54, 1.807) is 0 Å². The summed E-state index contributed by atoms with van der Waals surface area (Å²) in [5, 5.41) is 19.1. The largest absolute Gasteiger partial charge is 0.392 e. The average Bonchev–Trinajstić information content (AvgIpc) is 2.50. The maximum absolute atomic E-state index is 9.70. The number of hydrogen-bond donors (Lipinski definition) is 1. The topological polar surface area (TPSA) is 50.5 Å². The molecule has 0 radical (unpaired) electrons. The summed E-state index contributed by atoms with van der Waals surface area (Å²) in [6.07, 6.45) is 0.563. The molecule has 1 heterocycles. The Balaban J connectivity index is 1.91. The molecule has 1 aromatic rings. The summed E-state index contributed by atoms with van der Waals surface area (Å²) in [6.45, 7) is 6.34. The zero-order valence-corrected chi connectivity index (χ0v) is 12.1. The van der Waals surface area contributed by atoms with E-state index in [2.05, 4.69) is 15.9 Å². The van der Waals surface area contributed by atoms with Gasteiger partial charge in [0.25, 0.3) is 0 Å². The van der Waals surface area contributed by atoms with Crippen molar-refractivity contribution in [3.8, 4) is 6.07 Å². The highest BCUT2D eigenvalue weighted by Gasteiger charge is 2.25. The van der Waals surface area contributed by atoms with Crippen molar-refractivity contribution in [3.63, 3.8) is 0 Å². The van der Waals surface area contributed by atoms with Gasteiger partial charge >= 0.3 is 0 Å². The second kappa shape index (κ2) is 7.39. The molecule has 0 aromatic heterocycles. The summed E-state index contributed by atoms with van der Waals surface area (Å²) < 4.78 is 0. The Morgan fingerprint density at radius 1 is 1.20 bits per heavy atom. The lowest BCUT2D eigenvalue weighted by Gasteiger charge is -2.37. The monoisotopic (exact) mass is 273 g/mol. The van der Waals surface area contributed by atoms with E-state index >= 15 is 0 Å². The third kappa shape index (κ3) is 3.80. The van der Waals surface area contributed by atoms with Crippen molar-refractivity contribution in [2.75, 3.05) is 32.7 Å². The van der Waals surface area contributed by atoms with Crippen LogP contribution in [0.4, 0.5) is 0 Å². The van der Waals surface area contributed by atoms with Crippen LogP contribution in [0.3, 0.4) is 0 Å². The molecule has 0 aliphatic carbocycles. The van der Waals surface area contributed by atoms with E-state index in [0.29, 0.717) is 0 Å². The normalized spacial score (nSPS) is 20.2. The Morgan fingerprint density at radius 2 is 1.85 bits per heavy atom. The lowest BCUT2D eigenvalue weighted by atomic mass is 10.1. The van der Waals surface area contributed by atoms with Crippen LogP contribution in [-0.4, -0.2) is 53.7 Å². The minimum absolute atomic E-state index is 0.158. The maximum atomic E-state index is 9.70. The Kier molecular flexibility index (Phi) is 5.54. The van der Waals surface area contributed by atoms with Gasteiger partial charge in [-0.2, -0.15) is 5.26 Å². The average molecular weight is 273 g/mol. The van der Waals surface area contributed by atoms with Crippen molar-refractivity contribution in [1.82, 2.24) is 9.80 Å². The van der Waals surface area contributed by atoms with Crippen LogP contribution in [0.15, 0.2) is 30.3 Å². The predicted molar refractivity (Wildman–Crippen MR) is 79.1 cm³/mol. The van der Waals surface area contributed by atoms with Crippen LogP contribution < -0.4 is 0 Å². The van der Waals surface area contributed by atoms with Crippen LogP contribution in [-0.2, 0) is 0 Å². The molecule has 4 nitrogen and oxygen atoms in total. The third-order valence-corrected chi connectivity index (χ3v) is 3.95. The van der Waals surface area contributed by atoms with Crippen LogP contribution in [0, 0.1) is 11.3 Å². The van der Waals surface area contributed by atoms with Crippen LogP contribution in [0.2, 0.25) is 0 Å². The molecule has 1 aliphatic heterocycles. The number of benzene rings is 1. The van der Waals surface area contributed by atoms with Crippen molar-refractivity contribution in [2.24, 2.45) is 0 Å². The smallest absolute Gasteiger partial charge is 0.123 e. The fraction of sp³-hybridized carbons (Fsp3) is 0.562. The first-order valence-electron chi connectivity index (χ1n) is 7.33. The van der Waals surface area contributed by atoms with E-state index in [1.807, 2.05) is 37.3 Å². The van der Waals surface area contributed by atoms with Crippen molar-refractivity contribution >= 4 is 0 Å². The van der Waals surface area contributed by atoms with E-state index in [9.17, 15) is 10.4 Å². The maximum Gasteiger partial charge on any atom is 0.123 e. The highest BCUT2D eigenvalue weighted by atomic mass is 16.3. The molecule has 108 valence electrons. The first kappa shape index (κ1) is 15.0. The summed E-state index contributed by atoms with van der Waals surface area (Å²) in [5.74, 6) is 0. The second-order valence-electron chi connectivity index (χ2n) is 5.34. The zero-order valence-electron chi connectivity index (χ0n) is 12.1. The molecule has 0 amide bonds. The Morgan fingerprint density at radius 3 is 2.40 bits per heavy atom. The fourth-order valence-electron chi connectivity index (χ4n) is 2.63. The van der Waals surface area contributed by atoms with Crippen LogP contribution in [0.25, 0.3) is 0 Å². The van der Waals surface area contributed by atoms with Crippen molar-refractivity contribution in [2.45, 2.75) is 25.5 Å². The molecule has 1 aromatic carbocycles. The van der Waals surface area contributed by atoms with E-state index in [4.69, 9.17) is 0 Å². The van der Waals surface area contributed by atoms with Gasteiger partial charge in [-0.25, -0.2) is 0 Å². The number of aliphatic hydroxyl groups is 1. The first-order chi connectivity index (χ1) is 9.74. The molecular formula is C16H23N3O. The van der Waals surface area contributed by atoms with Gasteiger partial charge in [-0.15, -0.1) is 0 Å². The number of β-amino-alcohol motifs (C(OH)–C–C–N with tert-alkyl or cyclic N) is 1. The van der Waals surface area contributed by atoms with E-state index in [0.717, 1.165) is 44.7 Å². The molecule has 4 heteroatoms. The number of nitrogens with zero attached hydrogens (tertiary/aromatic N) is 3. The molecule has 1 fully saturated rings. The van der Waals surface area contributed by atoms with Crippen molar-refractivity contribution in [1.29, 1.82) is 5.26 Å². The molecule has 0 saturated carbocycles. The third-order valence-electron chi connectivity index (χ3n) is 3.95. The van der Waals surface area contributed by atoms with Gasteiger partial charge in [0.15, 0.2) is 0 Å². The zero-order chi connectivity index (χ0) is 14.4. The molecule has 1 saturated heterocycles. The van der Waals surface area contributed by atoms with Gasteiger partial charge in [0.05, 0.1) is 12.2 Å². The minimum atomic E-state index is -0.234. The summed E-state index contributed by atoms with van der Waals surface area (Å²) in [6, 6.07) is 12.2. The Bertz CT molecular complexity index is 435. The minimum Gasteiger partial charge on any atom is -0.392 e. The van der Waals surface area contributed by atoms with Gasteiger partial charge in [-0.3, -0.25) is 9.80 Å². The van der Waals surface area contributed by atoms with Gasteiger partial charge in [-0.05, 0) is 12.0 Å². The molecule has 0 spiro atoms. The number of hydrogen-bond acceptors (Lipinski definition) is 4. The molecule has 1 unspecified atom stereocenters. The molecule has 1 N–H and O–H groups in total. The molecule has 20 heavy (non-hydrogen) atoms. The Labute approximate surface area is 121 Å². The van der Waals surface area contributed by atoms with Crippen molar-refractivity contribution in [3.05, 3.63) is 35.9 Å². The number of nitriles is 1. The standard InChI is InChI=1S/C16H23N3O/c1-2-15(20)13-18-8-10-19(11-9-18)16(12-17)14-6-4-3-5-7-14/h3-7,15-16,20H,2,8-11,13H2,1H3/t15-,16?/m1/s1. The van der Waals surface area contributed by atoms with Gasteiger partial charge in [0.2, 0.25) is 0 Å². The predicted octanol–water partition coefficient (Wildman–Crippen LogP) is 1.64. The summed E-state index contributed by atoms with van der Waals surface area (Å²) in [7, 11) is 0. The van der Waals surface area contributed by atoms with E-state index in [1.165, 1.54) is 0 Å². The fourth-order valence-corrected chi connectivity index (χ4v) is 2.63. The number of rotatable bonds is 5. The number of piperazine rings is 1. The van der Waals surface area contributed by atoms with E-state index in [-0.39, 0.29) is 12.1 Å².